The van der Waals surface area contributed by atoms with Gasteiger partial charge in [-0.1, -0.05) is 36.2 Å². The summed E-state index contributed by atoms with van der Waals surface area (Å²) >= 11 is 8.58. The van der Waals surface area contributed by atoms with Crippen molar-refractivity contribution in [2.75, 3.05) is 0 Å². The van der Waals surface area contributed by atoms with Gasteiger partial charge in [0.25, 0.3) is 0 Å². The zero-order valence-corrected chi connectivity index (χ0v) is 12.9. The van der Waals surface area contributed by atoms with Crippen LogP contribution in [0.15, 0.2) is 30.3 Å². The van der Waals surface area contributed by atoms with Gasteiger partial charge in [-0.3, -0.25) is 0 Å². The number of alkyl halides is 1. The molecule has 2 aromatic rings. The van der Waals surface area contributed by atoms with Crippen LogP contribution in [0.5, 0.6) is 0 Å². The number of rotatable bonds is 2. The van der Waals surface area contributed by atoms with Crippen LogP contribution in [0.25, 0.3) is 0 Å². The number of thiophene rings is 1. The molecule has 3 rings (SSSR count). The standard InChI is InChI=1S/C17H19ClS/c1-12-7-9-13(10-8-12)17(18)16-11-14-5-3-2-4-6-15(14)19-16/h7-11,17H,2-6H2,1H3. The van der Waals surface area contributed by atoms with Gasteiger partial charge in [0.05, 0.1) is 5.38 Å². The van der Waals surface area contributed by atoms with E-state index in [0.29, 0.717) is 0 Å². The van der Waals surface area contributed by atoms with Gasteiger partial charge in [0.1, 0.15) is 0 Å². The highest BCUT2D eigenvalue weighted by molar-refractivity contribution is 7.12. The number of hydrogen-bond donors (Lipinski definition) is 0. The van der Waals surface area contributed by atoms with E-state index in [9.17, 15) is 0 Å². The van der Waals surface area contributed by atoms with Crippen molar-refractivity contribution >= 4 is 22.9 Å². The predicted molar refractivity (Wildman–Crippen MR) is 84.5 cm³/mol. The first kappa shape index (κ1) is 13.2. The van der Waals surface area contributed by atoms with Crippen molar-refractivity contribution in [1.29, 1.82) is 0 Å². The summed E-state index contributed by atoms with van der Waals surface area (Å²) in [6, 6.07) is 10.9. The normalized spacial score (nSPS) is 16.7. The first-order valence-corrected chi connectivity index (χ1v) is 8.31. The lowest BCUT2D eigenvalue weighted by Crippen LogP contribution is -1.90. The molecule has 0 nitrogen and oxygen atoms in total. The van der Waals surface area contributed by atoms with Crippen LogP contribution in [0, 0.1) is 6.92 Å². The van der Waals surface area contributed by atoms with Crippen LogP contribution >= 0.6 is 22.9 Å². The molecule has 1 heterocycles. The summed E-state index contributed by atoms with van der Waals surface area (Å²) in [5.74, 6) is 0. The van der Waals surface area contributed by atoms with Crippen molar-refractivity contribution < 1.29 is 0 Å². The molecule has 2 heteroatoms. The van der Waals surface area contributed by atoms with Crippen molar-refractivity contribution in [2.24, 2.45) is 0 Å². The highest BCUT2D eigenvalue weighted by atomic mass is 35.5. The van der Waals surface area contributed by atoms with Crippen LogP contribution < -0.4 is 0 Å². The van der Waals surface area contributed by atoms with Crippen molar-refractivity contribution in [3.8, 4) is 0 Å². The molecule has 100 valence electrons. The highest BCUT2D eigenvalue weighted by Crippen LogP contribution is 2.38. The SMILES string of the molecule is Cc1ccc(C(Cl)c2cc3c(s2)CCCCC3)cc1. The van der Waals surface area contributed by atoms with Gasteiger partial charge in [0.2, 0.25) is 0 Å². The summed E-state index contributed by atoms with van der Waals surface area (Å²) in [4.78, 5) is 2.89. The van der Waals surface area contributed by atoms with E-state index in [2.05, 4.69) is 37.3 Å². The third-order valence-corrected chi connectivity index (χ3v) is 5.80. The van der Waals surface area contributed by atoms with Crippen molar-refractivity contribution in [3.05, 3.63) is 56.8 Å². The van der Waals surface area contributed by atoms with Gasteiger partial charge >= 0.3 is 0 Å². The zero-order valence-electron chi connectivity index (χ0n) is 11.3. The van der Waals surface area contributed by atoms with Crippen LogP contribution in [-0.2, 0) is 12.8 Å². The summed E-state index contributed by atoms with van der Waals surface area (Å²) in [6.07, 6.45) is 6.53. The average Bonchev–Trinajstić information content (AvgIpc) is 2.70. The molecule has 19 heavy (non-hydrogen) atoms. The van der Waals surface area contributed by atoms with E-state index >= 15 is 0 Å². The predicted octanol–water partition coefficient (Wildman–Crippen LogP) is 5.65. The Balaban J connectivity index is 1.87. The first-order valence-electron chi connectivity index (χ1n) is 7.06. The van der Waals surface area contributed by atoms with Crippen LogP contribution in [0.3, 0.4) is 0 Å². The number of benzene rings is 1. The summed E-state index contributed by atoms with van der Waals surface area (Å²) < 4.78 is 0. The fourth-order valence-electron chi connectivity index (χ4n) is 2.72. The monoisotopic (exact) mass is 290 g/mol. The van der Waals surface area contributed by atoms with Gasteiger partial charge < -0.3 is 0 Å². The van der Waals surface area contributed by atoms with E-state index in [1.807, 2.05) is 11.3 Å². The Morgan fingerprint density at radius 3 is 2.58 bits per heavy atom. The van der Waals surface area contributed by atoms with E-state index < -0.39 is 0 Å². The van der Waals surface area contributed by atoms with Crippen LogP contribution in [-0.4, -0.2) is 0 Å². The van der Waals surface area contributed by atoms with Crippen molar-refractivity contribution in [1.82, 2.24) is 0 Å². The largest absolute Gasteiger partial charge is 0.143 e. The second-order valence-corrected chi connectivity index (χ2v) is 7.04. The molecule has 0 saturated heterocycles. The van der Waals surface area contributed by atoms with E-state index in [1.54, 1.807) is 10.4 Å². The Morgan fingerprint density at radius 1 is 1.05 bits per heavy atom. The minimum absolute atomic E-state index is 0.0116. The fraction of sp³-hybridized carbons (Fsp3) is 0.412. The molecule has 0 spiro atoms. The molecular formula is C17H19ClS. The van der Waals surface area contributed by atoms with Gasteiger partial charge in [-0.05, 0) is 49.8 Å². The lowest BCUT2D eigenvalue weighted by Gasteiger charge is -2.08. The van der Waals surface area contributed by atoms with Gasteiger partial charge in [-0.2, -0.15) is 0 Å². The Labute approximate surface area is 124 Å². The third-order valence-electron chi connectivity index (χ3n) is 3.89. The maximum absolute atomic E-state index is 6.65. The molecule has 1 unspecified atom stereocenters. The Hall–Kier alpha value is -0.790. The first-order chi connectivity index (χ1) is 9.24. The second kappa shape index (κ2) is 5.68. The summed E-state index contributed by atoms with van der Waals surface area (Å²) in [6.45, 7) is 2.11. The van der Waals surface area contributed by atoms with E-state index in [4.69, 9.17) is 11.6 Å². The maximum Gasteiger partial charge on any atom is 0.0927 e. The van der Waals surface area contributed by atoms with E-state index in [1.165, 1.54) is 48.1 Å². The topological polar surface area (TPSA) is 0 Å². The molecule has 1 aliphatic rings. The lowest BCUT2D eigenvalue weighted by atomic mass is 10.1. The second-order valence-electron chi connectivity index (χ2n) is 5.43. The van der Waals surface area contributed by atoms with Crippen LogP contribution in [0.1, 0.15) is 51.1 Å². The smallest absolute Gasteiger partial charge is 0.0927 e. The Kier molecular flexibility index (Phi) is 3.95. The minimum Gasteiger partial charge on any atom is -0.143 e. The van der Waals surface area contributed by atoms with Gasteiger partial charge in [0, 0.05) is 9.75 Å². The maximum atomic E-state index is 6.65. The number of hydrogen-bond acceptors (Lipinski definition) is 1. The molecule has 0 bridgehead atoms. The zero-order chi connectivity index (χ0) is 13.2. The highest BCUT2D eigenvalue weighted by Gasteiger charge is 2.18. The van der Waals surface area contributed by atoms with Crippen molar-refractivity contribution in [2.45, 2.75) is 44.4 Å². The van der Waals surface area contributed by atoms with Crippen LogP contribution in [0.4, 0.5) is 0 Å². The molecule has 1 aromatic carbocycles. The summed E-state index contributed by atoms with van der Waals surface area (Å²) in [5, 5.41) is 0.0116. The van der Waals surface area contributed by atoms with Gasteiger partial charge in [-0.25, -0.2) is 0 Å². The molecule has 0 N–H and O–H groups in total. The molecule has 0 amide bonds. The minimum atomic E-state index is 0.0116. The van der Waals surface area contributed by atoms with E-state index in [-0.39, 0.29) is 5.38 Å². The Bertz CT molecular complexity index is 530. The van der Waals surface area contributed by atoms with Gasteiger partial charge in [-0.15, -0.1) is 22.9 Å². The number of fused-ring (bicyclic) bond motifs is 1. The third kappa shape index (κ3) is 2.88. The summed E-state index contributed by atoms with van der Waals surface area (Å²) in [5.41, 5.74) is 4.05. The van der Waals surface area contributed by atoms with Crippen molar-refractivity contribution in [3.63, 3.8) is 0 Å². The fourth-order valence-corrected chi connectivity index (χ4v) is 4.32. The van der Waals surface area contributed by atoms with E-state index in [0.717, 1.165) is 0 Å². The number of aryl methyl sites for hydroxylation is 3. The average molecular weight is 291 g/mol. The molecule has 1 aliphatic carbocycles. The molecule has 1 atom stereocenters. The molecule has 0 radical (unpaired) electrons. The quantitative estimate of drug-likeness (QED) is 0.495. The molecule has 0 fully saturated rings. The van der Waals surface area contributed by atoms with Gasteiger partial charge in [0.15, 0.2) is 0 Å². The molecular weight excluding hydrogens is 272 g/mol. The summed E-state index contributed by atoms with van der Waals surface area (Å²) in [7, 11) is 0. The molecule has 0 aliphatic heterocycles. The Morgan fingerprint density at radius 2 is 1.79 bits per heavy atom. The molecule has 0 saturated carbocycles. The number of halogens is 1. The van der Waals surface area contributed by atoms with Crippen LogP contribution in [0.2, 0.25) is 0 Å². The lowest BCUT2D eigenvalue weighted by molar-refractivity contribution is 0.712. The molecule has 1 aromatic heterocycles.